The van der Waals surface area contributed by atoms with E-state index in [9.17, 15) is 9.59 Å². The lowest BCUT2D eigenvalue weighted by Crippen LogP contribution is -2.47. The highest BCUT2D eigenvalue weighted by Gasteiger charge is 2.44. The molecule has 2 amide bonds. The van der Waals surface area contributed by atoms with Gasteiger partial charge in [0.05, 0.1) is 18.2 Å². The minimum atomic E-state index is -0.256. The summed E-state index contributed by atoms with van der Waals surface area (Å²) < 4.78 is 6.13. The normalized spacial score (nSPS) is 20.2. The lowest BCUT2D eigenvalue weighted by molar-refractivity contribution is -0.0389. The van der Waals surface area contributed by atoms with Gasteiger partial charge in [-0.2, -0.15) is 0 Å². The molecule has 1 spiro atoms. The molecule has 0 radical (unpaired) electrons. The van der Waals surface area contributed by atoms with Crippen LogP contribution < -0.4 is 10.2 Å². The Hall–Kier alpha value is -2.93. The van der Waals surface area contributed by atoms with E-state index in [0.717, 1.165) is 24.9 Å². The van der Waals surface area contributed by atoms with Crippen LogP contribution in [0.15, 0.2) is 48.7 Å². The second-order valence-corrected chi connectivity index (χ2v) is 8.32. The fourth-order valence-corrected chi connectivity index (χ4v) is 4.24. The Morgan fingerprint density at radius 2 is 1.87 bits per heavy atom. The zero-order valence-corrected chi connectivity index (χ0v) is 17.5. The molecule has 2 saturated heterocycles. The predicted octanol–water partition coefficient (Wildman–Crippen LogP) is 2.34. The number of pyridine rings is 1. The summed E-state index contributed by atoms with van der Waals surface area (Å²) in [4.78, 5) is 33.2. The van der Waals surface area contributed by atoms with E-state index in [0.29, 0.717) is 31.0 Å². The van der Waals surface area contributed by atoms with Crippen molar-refractivity contribution in [3.05, 3.63) is 59.9 Å². The zero-order chi connectivity index (χ0) is 21.1. The third-order valence-electron chi connectivity index (χ3n) is 6.03. The molecule has 7 nitrogen and oxygen atoms in total. The van der Waals surface area contributed by atoms with Crippen LogP contribution in [-0.4, -0.2) is 67.1 Å². The van der Waals surface area contributed by atoms with Crippen molar-refractivity contribution >= 4 is 17.5 Å². The summed E-state index contributed by atoms with van der Waals surface area (Å²) in [5.41, 5.74) is 1.94. The van der Waals surface area contributed by atoms with Crippen molar-refractivity contribution in [2.24, 2.45) is 0 Å². The molecule has 0 saturated carbocycles. The van der Waals surface area contributed by atoms with Gasteiger partial charge >= 0.3 is 0 Å². The number of likely N-dealkylation sites (tertiary alicyclic amines) is 1. The van der Waals surface area contributed by atoms with E-state index in [2.05, 4.69) is 10.3 Å². The Morgan fingerprint density at radius 3 is 2.50 bits per heavy atom. The SMILES string of the molecule is CN(C)c1ccc(C(=O)N2CCC3(CC2)C[C@@H](NC(=O)c2ccccn2)CO3)cc1. The van der Waals surface area contributed by atoms with Crippen LogP contribution in [0, 0.1) is 0 Å². The Kier molecular flexibility index (Phi) is 5.72. The molecule has 2 aliphatic rings. The van der Waals surface area contributed by atoms with Gasteiger partial charge in [0.2, 0.25) is 0 Å². The lowest BCUT2D eigenvalue weighted by Gasteiger charge is -2.38. The van der Waals surface area contributed by atoms with Crippen LogP contribution >= 0.6 is 0 Å². The smallest absolute Gasteiger partial charge is 0.270 e. The summed E-state index contributed by atoms with van der Waals surface area (Å²) in [5.74, 6) is -0.108. The summed E-state index contributed by atoms with van der Waals surface area (Å²) in [6.07, 6.45) is 3.95. The Labute approximate surface area is 177 Å². The van der Waals surface area contributed by atoms with Crippen molar-refractivity contribution in [2.75, 3.05) is 38.7 Å². The van der Waals surface area contributed by atoms with Crippen molar-refractivity contribution in [3.63, 3.8) is 0 Å². The summed E-state index contributed by atoms with van der Waals surface area (Å²) in [6.45, 7) is 1.82. The lowest BCUT2D eigenvalue weighted by atomic mass is 9.87. The molecule has 1 aromatic heterocycles. The van der Waals surface area contributed by atoms with Gasteiger partial charge in [0.15, 0.2) is 0 Å². The molecular weight excluding hydrogens is 380 g/mol. The second kappa shape index (κ2) is 8.44. The quantitative estimate of drug-likeness (QED) is 0.841. The highest BCUT2D eigenvalue weighted by atomic mass is 16.5. The number of rotatable bonds is 4. The molecule has 30 heavy (non-hydrogen) atoms. The van der Waals surface area contributed by atoms with Gasteiger partial charge in [-0.3, -0.25) is 14.6 Å². The molecule has 0 bridgehead atoms. The largest absolute Gasteiger partial charge is 0.378 e. The summed E-state index contributed by atoms with van der Waals surface area (Å²) in [7, 11) is 3.96. The van der Waals surface area contributed by atoms with Crippen LogP contribution in [0.4, 0.5) is 5.69 Å². The molecule has 1 N–H and O–H groups in total. The van der Waals surface area contributed by atoms with Gasteiger partial charge in [-0.25, -0.2) is 0 Å². The van der Waals surface area contributed by atoms with E-state index in [-0.39, 0.29) is 23.5 Å². The second-order valence-electron chi connectivity index (χ2n) is 8.32. The Balaban J connectivity index is 1.31. The number of nitrogens with one attached hydrogen (secondary N) is 1. The van der Waals surface area contributed by atoms with E-state index in [1.165, 1.54) is 0 Å². The van der Waals surface area contributed by atoms with Gasteiger partial charge < -0.3 is 19.9 Å². The number of piperidine rings is 1. The van der Waals surface area contributed by atoms with Crippen LogP contribution in [-0.2, 0) is 4.74 Å². The first-order valence-electron chi connectivity index (χ1n) is 10.4. The van der Waals surface area contributed by atoms with E-state index in [1.807, 2.05) is 48.2 Å². The van der Waals surface area contributed by atoms with Gasteiger partial charge in [-0.15, -0.1) is 0 Å². The molecule has 1 aromatic carbocycles. The first-order chi connectivity index (χ1) is 14.5. The summed E-state index contributed by atoms with van der Waals surface area (Å²) in [6, 6.07) is 13.0. The van der Waals surface area contributed by atoms with E-state index >= 15 is 0 Å². The molecule has 3 heterocycles. The first kappa shape index (κ1) is 20.3. The molecule has 4 rings (SSSR count). The topological polar surface area (TPSA) is 74.8 Å². The molecule has 2 aliphatic heterocycles. The maximum atomic E-state index is 12.9. The van der Waals surface area contributed by atoms with E-state index < -0.39 is 0 Å². The number of carbonyl (C=O) groups excluding carboxylic acids is 2. The summed E-state index contributed by atoms with van der Waals surface area (Å²) in [5, 5.41) is 3.03. The highest BCUT2D eigenvalue weighted by molar-refractivity contribution is 5.94. The molecular formula is C23H28N4O3. The van der Waals surface area contributed by atoms with Crippen LogP contribution in [0.1, 0.15) is 40.1 Å². The number of amides is 2. The fraction of sp³-hybridized carbons (Fsp3) is 0.435. The number of aromatic nitrogens is 1. The van der Waals surface area contributed by atoms with E-state index in [1.54, 1.807) is 24.4 Å². The number of nitrogens with zero attached hydrogens (tertiary/aromatic N) is 3. The number of anilines is 1. The standard InChI is InChI=1S/C23H28N4O3/c1-26(2)19-8-6-17(7-9-19)22(29)27-13-10-23(11-14-27)15-18(16-30-23)25-21(28)20-5-3-4-12-24-20/h3-9,12,18H,10-11,13-16H2,1-2H3,(H,25,28)/t18-/m1/s1. The van der Waals surface area contributed by atoms with Crippen LogP contribution in [0.25, 0.3) is 0 Å². The van der Waals surface area contributed by atoms with Gasteiger partial charge in [-0.1, -0.05) is 6.07 Å². The summed E-state index contributed by atoms with van der Waals surface area (Å²) >= 11 is 0. The maximum absolute atomic E-state index is 12.9. The van der Waals surface area contributed by atoms with Crippen LogP contribution in [0.5, 0.6) is 0 Å². The number of ether oxygens (including phenoxy) is 1. The molecule has 158 valence electrons. The average molecular weight is 409 g/mol. The molecule has 2 aromatic rings. The van der Waals surface area contributed by atoms with Crippen LogP contribution in [0.3, 0.4) is 0 Å². The number of carbonyl (C=O) groups is 2. The first-order valence-corrected chi connectivity index (χ1v) is 10.4. The predicted molar refractivity (Wildman–Crippen MR) is 115 cm³/mol. The average Bonchev–Trinajstić information content (AvgIpc) is 3.16. The van der Waals surface area contributed by atoms with E-state index in [4.69, 9.17) is 4.74 Å². The maximum Gasteiger partial charge on any atom is 0.270 e. The third kappa shape index (κ3) is 4.31. The van der Waals surface area contributed by atoms with Gasteiger partial charge in [0.25, 0.3) is 11.8 Å². The Morgan fingerprint density at radius 1 is 1.13 bits per heavy atom. The number of hydrogen-bond acceptors (Lipinski definition) is 5. The van der Waals surface area contributed by atoms with Crippen molar-refractivity contribution in [3.8, 4) is 0 Å². The fourth-order valence-electron chi connectivity index (χ4n) is 4.24. The molecule has 1 atom stereocenters. The van der Waals surface area contributed by atoms with Gasteiger partial charge in [0, 0.05) is 44.6 Å². The molecule has 7 heteroatoms. The van der Waals surface area contributed by atoms with Gasteiger partial charge in [0.1, 0.15) is 5.69 Å². The van der Waals surface area contributed by atoms with Crippen LogP contribution in [0.2, 0.25) is 0 Å². The Bertz CT molecular complexity index is 890. The van der Waals surface area contributed by atoms with Crippen molar-refractivity contribution in [2.45, 2.75) is 30.9 Å². The van der Waals surface area contributed by atoms with Crippen molar-refractivity contribution in [1.29, 1.82) is 0 Å². The third-order valence-corrected chi connectivity index (χ3v) is 6.03. The molecule has 0 aliphatic carbocycles. The minimum absolute atomic E-state index is 0.0275. The van der Waals surface area contributed by atoms with Crippen molar-refractivity contribution in [1.82, 2.24) is 15.2 Å². The molecule has 0 unspecified atom stereocenters. The van der Waals surface area contributed by atoms with Gasteiger partial charge in [-0.05, 0) is 55.7 Å². The molecule has 2 fully saturated rings. The zero-order valence-electron chi connectivity index (χ0n) is 17.5. The van der Waals surface area contributed by atoms with Crippen molar-refractivity contribution < 1.29 is 14.3 Å². The highest BCUT2D eigenvalue weighted by Crippen LogP contribution is 2.36. The monoisotopic (exact) mass is 408 g/mol. The number of benzene rings is 1. The number of hydrogen-bond donors (Lipinski definition) is 1. The minimum Gasteiger partial charge on any atom is -0.378 e.